The Balaban J connectivity index is 2.14. The lowest BCUT2D eigenvalue weighted by atomic mass is 10.1. The van der Waals surface area contributed by atoms with Gasteiger partial charge in [-0.3, -0.25) is 14.2 Å². The number of hydrogen-bond donors (Lipinski definition) is 1. The fourth-order valence-corrected chi connectivity index (χ4v) is 3.42. The van der Waals surface area contributed by atoms with E-state index in [1.165, 1.54) is 16.3 Å². The molecular weight excluding hydrogens is 374 g/mol. The van der Waals surface area contributed by atoms with E-state index in [1.54, 1.807) is 0 Å². The van der Waals surface area contributed by atoms with Gasteiger partial charge in [-0.2, -0.15) is 5.26 Å². The number of aliphatic carboxylic acids is 1. The fraction of sp³-hybridized carbons (Fsp3) is 0.143. The van der Waals surface area contributed by atoms with Gasteiger partial charge in [-0.05, 0) is 0 Å². The third-order valence-electron chi connectivity index (χ3n) is 4.04. The second kappa shape index (κ2) is 9.02. The highest BCUT2D eigenvalue weighted by molar-refractivity contribution is 7.99. The van der Waals surface area contributed by atoms with Crippen molar-refractivity contribution in [3.63, 3.8) is 0 Å². The summed E-state index contributed by atoms with van der Waals surface area (Å²) in [6.07, 6.45) is 0. The molecule has 2 aromatic carbocycles. The summed E-state index contributed by atoms with van der Waals surface area (Å²) in [6.45, 7) is 0.262. The number of carbonyl (C=O) groups is 1. The van der Waals surface area contributed by atoms with E-state index >= 15 is 0 Å². The van der Waals surface area contributed by atoms with Crippen LogP contribution in [0.5, 0.6) is 0 Å². The van der Waals surface area contributed by atoms with E-state index in [9.17, 15) is 14.9 Å². The Labute approximate surface area is 166 Å². The number of rotatable bonds is 7. The Kier molecular flexibility index (Phi) is 6.25. The number of nitrogens with zero attached hydrogens (tertiary/aromatic N) is 3. The molecule has 3 rings (SSSR count). The number of hydrogen-bond acceptors (Lipinski definition) is 5. The number of benzene rings is 2. The molecule has 0 saturated carbocycles. The summed E-state index contributed by atoms with van der Waals surface area (Å²) in [5, 5.41) is 18.4. The Morgan fingerprint density at radius 1 is 1.07 bits per heavy atom. The van der Waals surface area contributed by atoms with Crippen molar-refractivity contribution in [1.82, 2.24) is 9.55 Å². The van der Waals surface area contributed by atoms with Crippen LogP contribution in [0.25, 0.3) is 22.6 Å². The summed E-state index contributed by atoms with van der Waals surface area (Å²) in [5.74, 6) is -0.0745. The molecule has 0 atom stereocenters. The molecule has 1 N–H and O–H groups in total. The summed E-state index contributed by atoms with van der Waals surface area (Å²) in [7, 11) is 0. The molecule has 3 aromatic rings. The molecular formula is C21H17N3O3S. The molecule has 1 heterocycles. The number of carboxylic acids is 1. The molecule has 0 spiro atoms. The lowest BCUT2D eigenvalue weighted by Gasteiger charge is -2.15. The van der Waals surface area contributed by atoms with E-state index in [2.05, 4.69) is 4.98 Å². The second-order valence-electron chi connectivity index (χ2n) is 5.91. The Morgan fingerprint density at radius 2 is 1.68 bits per heavy atom. The molecule has 1 aromatic heterocycles. The predicted molar refractivity (Wildman–Crippen MR) is 109 cm³/mol. The van der Waals surface area contributed by atoms with Crippen LogP contribution in [0.4, 0.5) is 0 Å². The number of aromatic nitrogens is 2. The van der Waals surface area contributed by atoms with Gasteiger partial charge < -0.3 is 5.11 Å². The van der Waals surface area contributed by atoms with Crippen molar-refractivity contribution in [2.75, 3.05) is 11.5 Å². The average molecular weight is 391 g/mol. The summed E-state index contributed by atoms with van der Waals surface area (Å²) in [5.41, 5.74) is 1.35. The number of nitriles is 1. The van der Waals surface area contributed by atoms with E-state index in [4.69, 9.17) is 5.11 Å². The van der Waals surface area contributed by atoms with Crippen molar-refractivity contribution in [3.8, 4) is 28.7 Å². The zero-order chi connectivity index (χ0) is 19.9. The first-order valence-electron chi connectivity index (χ1n) is 8.57. The molecule has 140 valence electrons. The second-order valence-corrected chi connectivity index (χ2v) is 7.01. The van der Waals surface area contributed by atoms with Gasteiger partial charge in [0.2, 0.25) is 0 Å². The standard InChI is InChI=1S/C21H17N3O3S/c22-13-17-19(15-7-3-1-4-8-15)23-20(16-9-5-2-6-10-16)24(21(17)27)11-12-28-14-18(25)26/h1-10H,11-12,14H2,(H,25,26). The quantitative estimate of drug-likeness (QED) is 0.621. The molecule has 0 saturated heterocycles. The van der Waals surface area contributed by atoms with Crippen LogP contribution in [-0.4, -0.2) is 32.1 Å². The first kappa shape index (κ1) is 19.4. The van der Waals surface area contributed by atoms with Crippen LogP contribution in [0.1, 0.15) is 5.56 Å². The summed E-state index contributed by atoms with van der Waals surface area (Å²) in [6, 6.07) is 20.4. The van der Waals surface area contributed by atoms with Crippen LogP contribution in [0, 0.1) is 11.3 Å². The topological polar surface area (TPSA) is 96.0 Å². The lowest BCUT2D eigenvalue weighted by molar-refractivity contribution is -0.133. The fourth-order valence-electron chi connectivity index (χ4n) is 2.79. The van der Waals surface area contributed by atoms with E-state index < -0.39 is 11.5 Å². The van der Waals surface area contributed by atoms with Gasteiger partial charge in [-0.15, -0.1) is 11.8 Å². The van der Waals surface area contributed by atoms with Crippen molar-refractivity contribution in [2.45, 2.75) is 6.54 Å². The first-order chi connectivity index (χ1) is 13.6. The van der Waals surface area contributed by atoms with Crippen LogP contribution >= 0.6 is 11.8 Å². The van der Waals surface area contributed by atoms with Gasteiger partial charge in [0.15, 0.2) is 0 Å². The Morgan fingerprint density at radius 3 is 2.25 bits per heavy atom. The molecule has 0 unspecified atom stereocenters. The number of thioether (sulfide) groups is 1. The van der Waals surface area contributed by atoms with Gasteiger partial charge in [-0.1, -0.05) is 60.7 Å². The minimum Gasteiger partial charge on any atom is -0.481 e. The van der Waals surface area contributed by atoms with Gasteiger partial charge in [0.05, 0.1) is 11.4 Å². The molecule has 28 heavy (non-hydrogen) atoms. The van der Waals surface area contributed by atoms with E-state index in [0.717, 1.165) is 5.56 Å². The monoisotopic (exact) mass is 391 g/mol. The third-order valence-corrected chi connectivity index (χ3v) is 4.97. The van der Waals surface area contributed by atoms with Gasteiger partial charge >= 0.3 is 5.97 Å². The van der Waals surface area contributed by atoms with Crippen molar-refractivity contribution in [3.05, 3.63) is 76.6 Å². The molecule has 0 fully saturated rings. The largest absolute Gasteiger partial charge is 0.481 e. The maximum absolute atomic E-state index is 13.1. The summed E-state index contributed by atoms with van der Waals surface area (Å²) in [4.78, 5) is 28.5. The SMILES string of the molecule is N#Cc1c(-c2ccccc2)nc(-c2ccccc2)n(CCSCC(=O)O)c1=O. The minimum atomic E-state index is -0.907. The summed E-state index contributed by atoms with van der Waals surface area (Å²) >= 11 is 1.21. The number of carboxylic acid groups (broad SMARTS) is 1. The van der Waals surface area contributed by atoms with Crippen molar-refractivity contribution in [2.24, 2.45) is 0 Å². The minimum absolute atomic E-state index is 0.0193. The maximum atomic E-state index is 13.1. The van der Waals surface area contributed by atoms with Crippen LogP contribution < -0.4 is 5.56 Å². The highest BCUT2D eigenvalue weighted by Crippen LogP contribution is 2.24. The van der Waals surface area contributed by atoms with E-state index in [1.807, 2.05) is 66.7 Å². The Bertz CT molecular complexity index is 1070. The molecule has 0 bridgehead atoms. The van der Waals surface area contributed by atoms with Crippen LogP contribution in [0.15, 0.2) is 65.5 Å². The highest BCUT2D eigenvalue weighted by Gasteiger charge is 2.18. The molecule has 6 nitrogen and oxygen atoms in total. The van der Waals surface area contributed by atoms with Crippen LogP contribution in [0.3, 0.4) is 0 Å². The van der Waals surface area contributed by atoms with Gasteiger partial charge in [0.25, 0.3) is 5.56 Å². The molecule has 0 aliphatic carbocycles. The van der Waals surface area contributed by atoms with Gasteiger partial charge in [0.1, 0.15) is 17.5 Å². The predicted octanol–water partition coefficient (Wildman–Crippen LogP) is 3.27. The van der Waals surface area contributed by atoms with Crippen molar-refractivity contribution >= 4 is 17.7 Å². The smallest absolute Gasteiger partial charge is 0.313 e. The maximum Gasteiger partial charge on any atom is 0.313 e. The zero-order valence-electron chi connectivity index (χ0n) is 14.9. The molecule has 0 radical (unpaired) electrons. The molecule has 0 aliphatic rings. The Hall–Kier alpha value is -3.37. The van der Waals surface area contributed by atoms with Gasteiger partial charge in [0, 0.05) is 23.4 Å². The van der Waals surface area contributed by atoms with Gasteiger partial charge in [-0.25, -0.2) is 4.98 Å². The molecule has 0 amide bonds. The summed E-state index contributed by atoms with van der Waals surface area (Å²) < 4.78 is 1.45. The average Bonchev–Trinajstić information content (AvgIpc) is 2.72. The normalized spacial score (nSPS) is 10.4. The van der Waals surface area contributed by atoms with Crippen molar-refractivity contribution < 1.29 is 9.90 Å². The first-order valence-corrected chi connectivity index (χ1v) is 9.72. The molecule has 7 heteroatoms. The van der Waals surface area contributed by atoms with Crippen LogP contribution in [0.2, 0.25) is 0 Å². The zero-order valence-corrected chi connectivity index (χ0v) is 15.7. The van der Waals surface area contributed by atoms with Crippen molar-refractivity contribution in [1.29, 1.82) is 5.26 Å². The van der Waals surface area contributed by atoms with E-state index in [-0.39, 0.29) is 17.9 Å². The van der Waals surface area contributed by atoms with Crippen LogP contribution in [-0.2, 0) is 11.3 Å². The highest BCUT2D eigenvalue weighted by atomic mass is 32.2. The third kappa shape index (κ3) is 4.30. The van der Waals surface area contributed by atoms with E-state index in [0.29, 0.717) is 22.8 Å². The lowest BCUT2D eigenvalue weighted by Crippen LogP contribution is -2.27. The molecule has 0 aliphatic heterocycles.